The van der Waals surface area contributed by atoms with Crippen molar-refractivity contribution in [2.75, 3.05) is 68.4 Å². The van der Waals surface area contributed by atoms with Gasteiger partial charge in [0, 0.05) is 61.8 Å². The molecule has 2 aromatic rings. The van der Waals surface area contributed by atoms with Crippen LogP contribution >= 0.6 is 11.3 Å². The summed E-state index contributed by atoms with van der Waals surface area (Å²) < 4.78 is 5.60. The molecule has 0 spiro atoms. The molecule has 49 heavy (non-hydrogen) atoms. The molecule has 2 aromatic heterocycles. The molecule has 1 saturated heterocycles. The zero-order valence-corrected chi connectivity index (χ0v) is 30.0. The summed E-state index contributed by atoms with van der Waals surface area (Å²) in [5.74, 6) is 0.542. The van der Waals surface area contributed by atoms with Crippen LogP contribution in [0.5, 0.6) is 0 Å². The molecular formula is C34H46N10O4S. The lowest BCUT2D eigenvalue weighted by atomic mass is 9.72. The van der Waals surface area contributed by atoms with Crippen molar-refractivity contribution >= 4 is 46.0 Å². The second kappa shape index (κ2) is 13.1. The second-order valence-electron chi connectivity index (χ2n) is 14.8. The number of likely N-dealkylation sites (N-methyl/N-ethyl adjacent to an activating group) is 1. The van der Waals surface area contributed by atoms with Gasteiger partial charge in [0.25, 0.3) is 0 Å². The summed E-state index contributed by atoms with van der Waals surface area (Å²) in [6, 6.07) is 4.09. The number of ether oxygens (including phenoxy) is 1. The average Bonchev–Trinajstić information content (AvgIpc) is 3.68. The Kier molecular flexibility index (Phi) is 9.23. The molecule has 14 nitrogen and oxygen atoms in total. The van der Waals surface area contributed by atoms with Crippen LogP contribution in [0.4, 0.5) is 21.6 Å². The van der Waals surface area contributed by atoms with Crippen LogP contribution < -0.4 is 21.3 Å². The Morgan fingerprint density at radius 1 is 1.14 bits per heavy atom. The molecule has 0 saturated carbocycles. The molecule has 0 unspecified atom stereocenters. The number of rotatable bonds is 5. The van der Waals surface area contributed by atoms with Gasteiger partial charge in [-0.1, -0.05) is 5.16 Å². The largest absolute Gasteiger partial charge is 0.444 e. The van der Waals surface area contributed by atoms with E-state index in [1.165, 1.54) is 22.5 Å². The van der Waals surface area contributed by atoms with Crippen molar-refractivity contribution in [3.05, 3.63) is 38.9 Å². The highest BCUT2D eigenvalue weighted by molar-refractivity contribution is 7.16. The smallest absolute Gasteiger partial charge is 0.410 e. The average molecular weight is 691 g/mol. The highest BCUT2D eigenvalue weighted by atomic mass is 32.1. The third-order valence-electron chi connectivity index (χ3n) is 9.70. The van der Waals surface area contributed by atoms with Crippen LogP contribution in [0.2, 0.25) is 0 Å². The summed E-state index contributed by atoms with van der Waals surface area (Å²) in [7, 11) is 2.11. The molecule has 3 aliphatic heterocycles. The van der Waals surface area contributed by atoms with Crippen LogP contribution in [0.15, 0.2) is 22.4 Å². The third kappa shape index (κ3) is 6.89. The maximum atomic E-state index is 13.6. The predicted molar refractivity (Wildman–Crippen MR) is 189 cm³/mol. The minimum Gasteiger partial charge on any atom is -0.444 e. The molecule has 1 amide bonds. The van der Waals surface area contributed by atoms with E-state index in [-0.39, 0.29) is 18.0 Å². The van der Waals surface area contributed by atoms with E-state index < -0.39 is 17.0 Å². The van der Waals surface area contributed by atoms with E-state index in [0.717, 1.165) is 43.8 Å². The van der Waals surface area contributed by atoms with Gasteiger partial charge in [0.05, 0.1) is 11.0 Å². The molecule has 1 fully saturated rings. The predicted octanol–water partition coefficient (Wildman–Crippen LogP) is 3.35. The van der Waals surface area contributed by atoms with Crippen LogP contribution in [0, 0.1) is 11.3 Å². The number of anilines is 3. The van der Waals surface area contributed by atoms with Gasteiger partial charge in [0.15, 0.2) is 5.84 Å². The van der Waals surface area contributed by atoms with E-state index in [9.17, 15) is 14.9 Å². The molecule has 15 heteroatoms. The summed E-state index contributed by atoms with van der Waals surface area (Å²) in [5, 5.41) is 14.3. The first kappa shape index (κ1) is 34.4. The molecule has 2 atom stereocenters. The fourth-order valence-electron chi connectivity index (χ4n) is 7.25. The Morgan fingerprint density at radius 2 is 1.86 bits per heavy atom. The summed E-state index contributed by atoms with van der Waals surface area (Å²) in [4.78, 5) is 51.1. The number of nitrogens with zero attached hydrogens (tertiary/aromatic N) is 8. The van der Waals surface area contributed by atoms with Gasteiger partial charge in [-0.05, 0) is 85.0 Å². The lowest BCUT2D eigenvalue weighted by Crippen LogP contribution is -2.40. The summed E-state index contributed by atoms with van der Waals surface area (Å²) in [6.45, 7) is 14.3. The fourth-order valence-corrected chi connectivity index (χ4v) is 8.44. The number of amides is 1. The molecule has 0 radical (unpaired) electrons. The van der Waals surface area contributed by atoms with Crippen molar-refractivity contribution in [1.29, 1.82) is 5.26 Å². The molecule has 0 aromatic carbocycles. The van der Waals surface area contributed by atoms with Crippen molar-refractivity contribution in [3.8, 4) is 6.07 Å². The first-order valence-electron chi connectivity index (χ1n) is 16.8. The minimum atomic E-state index is -1.08. The lowest BCUT2D eigenvalue weighted by Gasteiger charge is -2.31. The van der Waals surface area contributed by atoms with E-state index in [1.807, 2.05) is 20.8 Å². The molecule has 4 aliphatic rings. The van der Waals surface area contributed by atoms with Crippen molar-refractivity contribution in [2.24, 2.45) is 10.9 Å². The Hall–Kier alpha value is -4.42. The SMILES string of the molecule is C[C@H]1CN(C)CCCN1c1nc(/C(N)=N/OC(=O)[C@@]2(C)CCCc3sc(N)c(C#N)c32)cc(N2CC3=C(CN(C(=O)OC(C)(C)C)C3)C2)n1. The van der Waals surface area contributed by atoms with Gasteiger partial charge < -0.3 is 40.6 Å². The summed E-state index contributed by atoms with van der Waals surface area (Å²) in [5.41, 5.74) is 14.6. The van der Waals surface area contributed by atoms with Crippen molar-refractivity contribution in [3.63, 3.8) is 0 Å². The lowest BCUT2D eigenvalue weighted by molar-refractivity contribution is -0.150. The van der Waals surface area contributed by atoms with E-state index in [2.05, 4.69) is 39.9 Å². The number of nitrogens with two attached hydrogens (primary N) is 2. The summed E-state index contributed by atoms with van der Waals surface area (Å²) in [6.07, 6.45) is 2.64. The standard InChI is InChI=1S/C34H46N10O4S/c1-20-15-41(6)11-8-12-44(20)31-38-24(13-26(39-31)42-16-21-18-43(19-22(21)17-42)32(46)47-33(2,3)4)28(36)40-48-30(45)34(5)10-7-9-25-27(34)23(14-35)29(37)49-25/h13,20H,7-12,15-19,37H2,1-6H3,(H2,36,40)/t20-,34-/m0/s1. The summed E-state index contributed by atoms with van der Waals surface area (Å²) >= 11 is 1.35. The van der Waals surface area contributed by atoms with E-state index in [1.54, 1.807) is 17.9 Å². The van der Waals surface area contributed by atoms with Crippen LogP contribution in [-0.4, -0.2) is 102 Å². The van der Waals surface area contributed by atoms with Gasteiger partial charge in [-0.15, -0.1) is 11.3 Å². The Balaban J connectivity index is 1.26. The maximum Gasteiger partial charge on any atom is 0.410 e. The normalized spacial score (nSPS) is 23.2. The van der Waals surface area contributed by atoms with Crippen LogP contribution in [0.3, 0.4) is 0 Å². The van der Waals surface area contributed by atoms with Gasteiger partial charge in [-0.25, -0.2) is 14.6 Å². The molecule has 5 heterocycles. The number of thiophene rings is 1. The van der Waals surface area contributed by atoms with Gasteiger partial charge >= 0.3 is 12.1 Å². The number of oxime groups is 1. The van der Waals surface area contributed by atoms with E-state index >= 15 is 0 Å². The van der Waals surface area contributed by atoms with Gasteiger partial charge in [-0.3, -0.25) is 0 Å². The number of carbonyl (C=O) groups excluding carboxylic acids is 2. The number of aromatic nitrogens is 2. The van der Waals surface area contributed by atoms with E-state index in [4.69, 9.17) is 31.0 Å². The highest BCUT2D eigenvalue weighted by Crippen LogP contribution is 2.46. The monoisotopic (exact) mass is 690 g/mol. The van der Waals surface area contributed by atoms with Crippen LogP contribution in [0.1, 0.15) is 75.6 Å². The van der Waals surface area contributed by atoms with Crippen molar-refractivity contribution in [2.45, 2.75) is 77.4 Å². The number of hydrogen-bond acceptors (Lipinski definition) is 13. The fraction of sp³-hybridized carbons (Fsp3) is 0.588. The molecule has 1 aliphatic carbocycles. The van der Waals surface area contributed by atoms with Gasteiger partial charge in [0.1, 0.15) is 28.2 Å². The van der Waals surface area contributed by atoms with E-state index in [0.29, 0.717) is 66.2 Å². The highest BCUT2D eigenvalue weighted by Gasteiger charge is 2.45. The van der Waals surface area contributed by atoms with Crippen LogP contribution in [0.25, 0.3) is 0 Å². The number of carbonyl (C=O) groups is 2. The van der Waals surface area contributed by atoms with Crippen molar-refractivity contribution < 1.29 is 19.2 Å². The second-order valence-corrected chi connectivity index (χ2v) is 15.9. The number of aryl methyl sites for hydroxylation is 1. The van der Waals surface area contributed by atoms with Gasteiger partial charge in [-0.2, -0.15) is 10.2 Å². The Bertz CT molecular complexity index is 1740. The first-order chi connectivity index (χ1) is 23.2. The zero-order valence-electron chi connectivity index (χ0n) is 29.2. The number of nitrogen functional groups attached to an aromatic ring is 1. The molecule has 4 N–H and O–H groups in total. The Morgan fingerprint density at radius 3 is 2.53 bits per heavy atom. The van der Waals surface area contributed by atoms with Gasteiger partial charge in [0.2, 0.25) is 5.95 Å². The van der Waals surface area contributed by atoms with Crippen molar-refractivity contribution in [1.82, 2.24) is 19.8 Å². The maximum absolute atomic E-state index is 13.6. The topological polar surface area (TPSA) is 180 Å². The first-order valence-corrected chi connectivity index (χ1v) is 17.6. The number of hydrogen-bond donors (Lipinski definition) is 2. The van der Waals surface area contributed by atoms with Crippen LogP contribution in [-0.2, 0) is 26.2 Å². The minimum absolute atomic E-state index is 0.0568. The molecule has 0 bridgehead atoms. The quantitative estimate of drug-likeness (QED) is 0.154. The zero-order chi connectivity index (χ0) is 35.2. The molecule has 6 rings (SSSR count). The molecular weight excluding hydrogens is 645 g/mol. The number of amidine groups is 1. The number of fused-ring (bicyclic) bond motifs is 1. The molecule has 262 valence electrons. The third-order valence-corrected chi connectivity index (χ3v) is 10.8. The Labute approximate surface area is 291 Å². The number of nitriles is 1.